The maximum Gasteiger partial charge on any atom is 0.328 e. The molecule has 0 atom stereocenters. The molecule has 2 aromatic rings. The van der Waals surface area contributed by atoms with Crippen LogP contribution < -0.4 is 5.56 Å². The highest BCUT2D eigenvalue weighted by atomic mass is 35.5. The molecule has 1 aromatic heterocycles. The molecule has 3 heterocycles. The van der Waals surface area contributed by atoms with Gasteiger partial charge in [0.05, 0.1) is 32.0 Å². The molecular weight excluding hydrogens is 506 g/mol. The van der Waals surface area contributed by atoms with Gasteiger partial charge in [-0.05, 0) is 18.6 Å². The van der Waals surface area contributed by atoms with Gasteiger partial charge in [0.25, 0.3) is 11.5 Å². The van der Waals surface area contributed by atoms with Gasteiger partial charge < -0.3 is 29.2 Å². The van der Waals surface area contributed by atoms with Crippen molar-refractivity contribution in [2.24, 2.45) is 0 Å². The minimum atomic E-state index is -1.26. The van der Waals surface area contributed by atoms with Crippen LogP contribution in [-0.4, -0.2) is 102 Å². The summed E-state index contributed by atoms with van der Waals surface area (Å²) in [5, 5.41) is 17.3. The summed E-state index contributed by atoms with van der Waals surface area (Å²) in [4.78, 5) is 49.5. The van der Waals surface area contributed by atoms with Crippen molar-refractivity contribution in [3.63, 3.8) is 0 Å². The van der Waals surface area contributed by atoms with E-state index in [2.05, 4.69) is 4.90 Å². The fourth-order valence-corrected chi connectivity index (χ4v) is 4.24. The molecule has 0 saturated carbocycles. The quantitative estimate of drug-likeness (QED) is 0.506. The summed E-state index contributed by atoms with van der Waals surface area (Å²) in [5.74, 6) is -2.58. The first-order chi connectivity index (χ1) is 17.8. The molecule has 0 aliphatic carbocycles. The first kappa shape index (κ1) is 28.3. The summed E-state index contributed by atoms with van der Waals surface area (Å²) < 4.78 is 12.4. The third kappa shape index (κ3) is 8.39. The van der Waals surface area contributed by atoms with E-state index in [1.165, 1.54) is 0 Å². The molecule has 11 nitrogen and oxygen atoms in total. The van der Waals surface area contributed by atoms with E-state index in [4.69, 9.17) is 31.3 Å². The molecule has 2 saturated heterocycles. The highest BCUT2D eigenvalue weighted by molar-refractivity contribution is 6.31. The van der Waals surface area contributed by atoms with Crippen LogP contribution in [0.25, 0.3) is 10.8 Å². The lowest BCUT2D eigenvalue weighted by atomic mass is 10.1. The third-order valence-electron chi connectivity index (χ3n) is 5.92. The number of nitrogens with zero attached hydrogens (tertiary/aromatic N) is 3. The molecule has 2 N–H and O–H groups in total. The number of benzene rings is 1. The summed E-state index contributed by atoms with van der Waals surface area (Å²) in [7, 11) is 0. The summed E-state index contributed by atoms with van der Waals surface area (Å²) in [6.07, 6.45) is 3.66. The fourth-order valence-electron chi connectivity index (χ4n) is 4.07. The molecule has 2 aliphatic rings. The van der Waals surface area contributed by atoms with E-state index in [0.717, 1.165) is 39.3 Å². The predicted octanol–water partition coefficient (Wildman–Crippen LogP) is 1.56. The maximum absolute atomic E-state index is 13.2. The second-order valence-corrected chi connectivity index (χ2v) is 8.89. The zero-order valence-corrected chi connectivity index (χ0v) is 21.1. The number of carbonyl (C=O) groups is 3. The summed E-state index contributed by atoms with van der Waals surface area (Å²) in [5.41, 5.74) is 0.438. The van der Waals surface area contributed by atoms with E-state index in [0.29, 0.717) is 66.4 Å². The summed E-state index contributed by atoms with van der Waals surface area (Å²) in [6.45, 7) is 7.00. The fraction of sp³-hybridized carbons (Fsp3) is 0.440. The topological polar surface area (TPSA) is 139 Å². The Bertz CT molecular complexity index is 1180. The largest absolute Gasteiger partial charge is 0.478 e. The van der Waals surface area contributed by atoms with Crippen molar-refractivity contribution in [3.05, 3.63) is 57.5 Å². The van der Waals surface area contributed by atoms with Crippen LogP contribution in [0, 0.1) is 0 Å². The van der Waals surface area contributed by atoms with Crippen LogP contribution in [0.15, 0.2) is 41.3 Å². The van der Waals surface area contributed by atoms with Gasteiger partial charge in [0.1, 0.15) is 0 Å². The Balaban J connectivity index is 0.000000414. The van der Waals surface area contributed by atoms with Gasteiger partial charge in [-0.15, -0.1) is 0 Å². The number of halogens is 1. The number of carbonyl (C=O) groups excluding carboxylic acids is 1. The van der Waals surface area contributed by atoms with Crippen molar-refractivity contribution in [2.75, 3.05) is 59.2 Å². The van der Waals surface area contributed by atoms with Crippen LogP contribution in [0.4, 0.5) is 0 Å². The summed E-state index contributed by atoms with van der Waals surface area (Å²) in [6, 6.07) is 5.15. The second-order valence-electron chi connectivity index (χ2n) is 8.45. The van der Waals surface area contributed by atoms with E-state index in [1.54, 1.807) is 33.9 Å². The minimum absolute atomic E-state index is 0.0671. The molecule has 37 heavy (non-hydrogen) atoms. The number of aromatic nitrogens is 1. The number of fused-ring (bicyclic) bond motifs is 1. The molecule has 0 spiro atoms. The number of hydrogen-bond acceptors (Lipinski definition) is 7. The van der Waals surface area contributed by atoms with Crippen LogP contribution in [0.2, 0.25) is 5.02 Å². The standard InChI is InChI=1S/C21H26ClN3O4.C4H4O4/c22-16-2-3-17-18(14-16)20(26)25(5-1-4-23-6-10-28-11-7-23)15-19(17)21(27)24-8-12-29-13-9-24;5-3(6)1-2-4(7)8/h2-3,14-15H,1,4-13H2;1-2H,(H,5,6)(H,7,8)/b;2-1-. The number of carboxylic acid groups (broad SMARTS) is 2. The molecule has 2 aliphatic heterocycles. The van der Waals surface area contributed by atoms with E-state index in [9.17, 15) is 19.2 Å². The Morgan fingerprint density at radius 1 is 0.892 bits per heavy atom. The van der Waals surface area contributed by atoms with Crippen LogP contribution in [-0.2, 0) is 25.6 Å². The number of pyridine rings is 1. The molecule has 1 amide bonds. The lowest BCUT2D eigenvalue weighted by molar-refractivity contribution is -0.134. The Kier molecular flexibility index (Phi) is 10.6. The van der Waals surface area contributed by atoms with Gasteiger partial charge in [-0.3, -0.25) is 14.5 Å². The molecule has 200 valence electrons. The lowest BCUT2D eigenvalue weighted by Gasteiger charge is -2.28. The molecule has 0 bridgehead atoms. The van der Waals surface area contributed by atoms with Crippen molar-refractivity contribution in [1.29, 1.82) is 0 Å². The van der Waals surface area contributed by atoms with E-state index >= 15 is 0 Å². The van der Waals surface area contributed by atoms with Crippen LogP contribution in [0.1, 0.15) is 16.8 Å². The molecule has 0 radical (unpaired) electrons. The van der Waals surface area contributed by atoms with Gasteiger partial charge in [0.2, 0.25) is 0 Å². The maximum atomic E-state index is 13.2. The van der Waals surface area contributed by atoms with Gasteiger partial charge in [0.15, 0.2) is 0 Å². The van der Waals surface area contributed by atoms with E-state index in [1.807, 2.05) is 0 Å². The first-order valence-corrected chi connectivity index (χ1v) is 12.3. The number of amides is 1. The Morgan fingerprint density at radius 2 is 1.49 bits per heavy atom. The van der Waals surface area contributed by atoms with Crippen LogP contribution in [0.3, 0.4) is 0 Å². The number of aryl methyl sites for hydroxylation is 1. The second kappa shape index (κ2) is 13.9. The SMILES string of the molecule is O=C(O)/C=C\C(=O)O.O=C(c1cn(CCCN2CCOCC2)c(=O)c2cc(Cl)ccc12)N1CCOCC1. The average molecular weight is 536 g/mol. The third-order valence-corrected chi connectivity index (χ3v) is 6.16. The van der Waals surface area contributed by atoms with E-state index < -0.39 is 11.9 Å². The summed E-state index contributed by atoms with van der Waals surface area (Å²) >= 11 is 6.15. The van der Waals surface area contributed by atoms with Crippen LogP contribution >= 0.6 is 11.6 Å². The Morgan fingerprint density at radius 3 is 2.08 bits per heavy atom. The number of rotatable bonds is 7. The van der Waals surface area contributed by atoms with Gasteiger partial charge in [0, 0.05) is 73.4 Å². The average Bonchev–Trinajstić information content (AvgIpc) is 2.90. The smallest absolute Gasteiger partial charge is 0.328 e. The van der Waals surface area contributed by atoms with Gasteiger partial charge in [-0.2, -0.15) is 0 Å². The van der Waals surface area contributed by atoms with Gasteiger partial charge in [-0.1, -0.05) is 17.7 Å². The van der Waals surface area contributed by atoms with E-state index in [-0.39, 0.29) is 11.5 Å². The zero-order chi connectivity index (χ0) is 26.8. The number of carboxylic acids is 2. The number of morpholine rings is 2. The monoisotopic (exact) mass is 535 g/mol. The highest BCUT2D eigenvalue weighted by Crippen LogP contribution is 2.22. The van der Waals surface area contributed by atoms with Crippen LogP contribution in [0.5, 0.6) is 0 Å². The van der Waals surface area contributed by atoms with Crippen molar-refractivity contribution >= 4 is 40.2 Å². The predicted molar refractivity (Wildman–Crippen MR) is 136 cm³/mol. The van der Waals surface area contributed by atoms with Crippen molar-refractivity contribution in [3.8, 4) is 0 Å². The minimum Gasteiger partial charge on any atom is -0.478 e. The Hall–Kier alpha value is -3.25. The normalized spacial score (nSPS) is 16.4. The van der Waals surface area contributed by atoms with Gasteiger partial charge in [-0.25, -0.2) is 9.59 Å². The highest BCUT2D eigenvalue weighted by Gasteiger charge is 2.22. The van der Waals surface area contributed by atoms with Crippen molar-refractivity contribution in [2.45, 2.75) is 13.0 Å². The number of hydrogen-bond donors (Lipinski definition) is 2. The van der Waals surface area contributed by atoms with Crippen molar-refractivity contribution in [1.82, 2.24) is 14.4 Å². The first-order valence-electron chi connectivity index (χ1n) is 11.9. The Labute approximate surface area is 218 Å². The molecule has 1 aromatic carbocycles. The lowest BCUT2D eigenvalue weighted by Crippen LogP contribution is -2.41. The molecule has 12 heteroatoms. The molecular formula is C25H30ClN3O8. The zero-order valence-electron chi connectivity index (χ0n) is 20.3. The molecule has 2 fully saturated rings. The number of aliphatic carboxylic acids is 2. The van der Waals surface area contributed by atoms with Crippen molar-refractivity contribution < 1.29 is 34.1 Å². The number of ether oxygens (including phenoxy) is 2. The molecule has 0 unspecified atom stereocenters. The molecule has 4 rings (SSSR count). The van der Waals surface area contributed by atoms with Gasteiger partial charge >= 0.3 is 11.9 Å².